The predicted molar refractivity (Wildman–Crippen MR) is 117 cm³/mol. The number of hydrogen-bond acceptors (Lipinski definition) is 4. The van der Waals surface area contributed by atoms with Gasteiger partial charge in [-0.3, -0.25) is 0 Å². The highest BCUT2D eigenvalue weighted by molar-refractivity contribution is 6.02. The molecule has 1 aliphatic rings. The van der Waals surface area contributed by atoms with E-state index < -0.39 is 0 Å². The second-order valence-electron chi connectivity index (χ2n) is 7.33. The van der Waals surface area contributed by atoms with Crippen LogP contribution in [0, 0.1) is 6.92 Å². The van der Waals surface area contributed by atoms with Crippen molar-refractivity contribution in [3.05, 3.63) is 83.2 Å². The van der Waals surface area contributed by atoms with Crippen molar-refractivity contribution in [2.24, 2.45) is 0 Å². The minimum atomic E-state index is -0.309. The lowest BCUT2D eigenvalue weighted by molar-refractivity contribution is 0.309. The summed E-state index contributed by atoms with van der Waals surface area (Å²) in [6.45, 7) is 5.27. The molecule has 0 amide bonds. The van der Waals surface area contributed by atoms with Crippen LogP contribution in [0.2, 0.25) is 0 Å². The summed E-state index contributed by atoms with van der Waals surface area (Å²) >= 11 is 0. The average Bonchev–Trinajstić information content (AvgIpc) is 3.30. The second kappa shape index (κ2) is 8.95. The van der Waals surface area contributed by atoms with Crippen molar-refractivity contribution in [1.82, 2.24) is 20.5 Å². The minimum absolute atomic E-state index is 0.309. The van der Waals surface area contributed by atoms with Crippen LogP contribution in [0.5, 0.6) is 5.75 Å². The fourth-order valence-corrected chi connectivity index (χ4v) is 3.46. The van der Waals surface area contributed by atoms with E-state index in [-0.39, 0.29) is 5.83 Å². The maximum absolute atomic E-state index is 15.8. The molecule has 0 radical (unpaired) electrons. The lowest BCUT2D eigenvalue weighted by atomic mass is 9.92. The molecule has 1 aromatic heterocycles. The smallest absolute Gasteiger partial charge is 0.159 e. The van der Waals surface area contributed by atoms with Gasteiger partial charge in [-0.15, -0.1) is 10.2 Å². The van der Waals surface area contributed by atoms with Crippen molar-refractivity contribution in [3.8, 4) is 5.75 Å². The van der Waals surface area contributed by atoms with Crippen LogP contribution in [-0.2, 0) is 0 Å². The van der Waals surface area contributed by atoms with Crippen molar-refractivity contribution < 1.29 is 9.13 Å². The molecule has 0 atom stereocenters. The average molecular weight is 404 g/mol. The zero-order valence-corrected chi connectivity index (χ0v) is 17.2. The molecule has 0 saturated heterocycles. The van der Waals surface area contributed by atoms with E-state index in [9.17, 15) is 0 Å². The largest absolute Gasteiger partial charge is 0.494 e. The SMILES string of the molecule is CCCCOc1ccc(C2=C(F)C(c3ccc(C)cc3)=C(c3nnc[nH]3)CN2)cc1. The van der Waals surface area contributed by atoms with Crippen LogP contribution >= 0.6 is 0 Å². The molecule has 3 aromatic rings. The Kier molecular flexibility index (Phi) is 5.93. The summed E-state index contributed by atoms with van der Waals surface area (Å²) in [7, 11) is 0. The highest BCUT2D eigenvalue weighted by Crippen LogP contribution is 2.38. The molecule has 2 aromatic carbocycles. The summed E-state index contributed by atoms with van der Waals surface area (Å²) in [5.41, 5.74) is 4.45. The molecule has 154 valence electrons. The molecule has 2 N–H and O–H groups in total. The number of allylic oxidation sites excluding steroid dienone is 2. The van der Waals surface area contributed by atoms with Crippen LogP contribution in [0.25, 0.3) is 16.8 Å². The quantitative estimate of drug-likeness (QED) is 0.535. The van der Waals surface area contributed by atoms with Crippen molar-refractivity contribution >= 4 is 16.8 Å². The van der Waals surface area contributed by atoms with Gasteiger partial charge < -0.3 is 15.0 Å². The molecule has 6 heteroatoms. The summed E-state index contributed by atoms with van der Waals surface area (Å²) in [4.78, 5) is 3.00. The molecule has 0 saturated carbocycles. The molecule has 0 spiro atoms. The molecule has 1 aliphatic heterocycles. The van der Waals surface area contributed by atoms with Gasteiger partial charge in [0.25, 0.3) is 0 Å². The molecular formula is C24H25FN4O. The van der Waals surface area contributed by atoms with E-state index in [0.29, 0.717) is 30.2 Å². The number of nitrogens with zero attached hydrogens (tertiary/aromatic N) is 2. The highest BCUT2D eigenvalue weighted by atomic mass is 19.1. The molecular weight excluding hydrogens is 379 g/mol. The molecule has 5 nitrogen and oxygen atoms in total. The van der Waals surface area contributed by atoms with Crippen LogP contribution in [0.1, 0.15) is 42.3 Å². The number of aromatic nitrogens is 3. The Hall–Kier alpha value is -3.41. The molecule has 30 heavy (non-hydrogen) atoms. The number of halogens is 1. The van der Waals surface area contributed by atoms with Crippen LogP contribution < -0.4 is 10.1 Å². The third-order valence-corrected chi connectivity index (χ3v) is 5.14. The third kappa shape index (κ3) is 4.13. The van der Waals surface area contributed by atoms with Crippen LogP contribution in [0.3, 0.4) is 0 Å². The first-order valence-electron chi connectivity index (χ1n) is 10.2. The second-order valence-corrected chi connectivity index (χ2v) is 7.33. The van der Waals surface area contributed by atoms with Crippen LogP contribution in [0.15, 0.2) is 60.7 Å². The van der Waals surface area contributed by atoms with Crippen molar-refractivity contribution in [2.45, 2.75) is 26.7 Å². The van der Waals surface area contributed by atoms with E-state index in [1.54, 1.807) is 0 Å². The predicted octanol–water partition coefficient (Wildman–Crippen LogP) is 5.14. The fraction of sp³-hybridized carbons (Fsp3) is 0.250. The summed E-state index contributed by atoms with van der Waals surface area (Å²) in [5, 5.41) is 11.2. The topological polar surface area (TPSA) is 62.8 Å². The van der Waals surface area contributed by atoms with Crippen molar-refractivity contribution in [1.29, 1.82) is 0 Å². The molecule has 4 rings (SSSR count). The third-order valence-electron chi connectivity index (χ3n) is 5.14. The van der Waals surface area contributed by atoms with E-state index in [1.807, 2.05) is 55.5 Å². The van der Waals surface area contributed by atoms with Gasteiger partial charge >= 0.3 is 0 Å². The number of dihydropyridines is 1. The van der Waals surface area contributed by atoms with Crippen LogP contribution in [0.4, 0.5) is 4.39 Å². The first kappa shape index (κ1) is 19.9. The molecule has 0 unspecified atom stereocenters. The van der Waals surface area contributed by atoms with Gasteiger partial charge in [-0.25, -0.2) is 4.39 Å². The monoisotopic (exact) mass is 404 g/mol. The lowest BCUT2D eigenvalue weighted by Crippen LogP contribution is -2.22. The number of aryl methyl sites for hydroxylation is 1. The Morgan fingerprint density at radius 1 is 1.03 bits per heavy atom. The summed E-state index contributed by atoms with van der Waals surface area (Å²) in [6.07, 6.45) is 3.60. The molecule has 0 aliphatic carbocycles. The maximum Gasteiger partial charge on any atom is 0.159 e. The standard InChI is InChI=1S/C24H25FN4O/c1-3-4-13-30-19-11-9-18(10-12-19)23-22(25)21(17-7-5-16(2)6-8-17)20(14-26-23)24-27-15-28-29-24/h5-12,15,26H,3-4,13-14H2,1-2H3,(H,27,28,29). The lowest BCUT2D eigenvalue weighted by Gasteiger charge is -2.23. The zero-order valence-electron chi connectivity index (χ0n) is 17.2. The Balaban J connectivity index is 1.73. The van der Waals surface area contributed by atoms with Gasteiger partial charge in [0.15, 0.2) is 11.7 Å². The number of H-pyrrole nitrogens is 1. The van der Waals surface area contributed by atoms with Gasteiger partial charge in [0.2, 0.25) is 0 Å². The number of aromatic amines is 1. The van der Waals surface area contributed by atoms with Gasteiger partial charge in [-0.1, -0.05) is 43.2 Å². The number of ether oxygens (including phenoxy) is 1. The van der Waals surface area contributed by atoms with Crippen molar-refractivity contribution in [2.75, 3.05) is 13.2 Å². The molecule has 0 bridgehead atoms. The maximum atomic E-state index is 15.8. The normalized spacial score (nSPS) is 14.1. The van der Waals surface area contributed by atoms with E-state index in [2.05, 4.69) is 27.4 Å². The molecule has 2 heterocycles. The Morgan fingerprint density at radius 3 is 2.43 bits per heavy atom. The summed E-state index contributed by atoms with van der Waals surface area (Å²) in [5.74, 6) is 1.05. The highest BCUT2D eigenvalue weighted by Gasteiger charge is 2.26. The van der Waals surface area contributed by atoms with Crippen molar-refractivity contribution in [3.63, 3.8) is 0 Å². The van der Waals surface area contributed by atoms with E-state index in [0.717, 1.165) is 40.9 Å². The first-order valence-corrected chi connectivity index (χ1v) is 10.2. The van der Waals surface area contributed by atoms with Gasteiger partial charge in [0, 0.05) is 23.3 Å². The Bertz CT molecular complexity index is 1050. The van der Waals surface area contributed by atoms with Gasteiger partial charge in [0.1, 0.15) is 12.1 Å². The Labute approximate surface area is 175 Å². The zero-order chi connectivity index (χ0) is 20.9. The van der Waals surface area contributed by atoms with E-state index in [4.69, 9.17) is 4.74 Å². The minimum Gasteiger partial charge on any atom is -0.494 e. The molecule has 0 fully saturated rings. The number of hydrogen-bond donors (Lipinski definition) is 2. The number of benzene rings is 2. The van der Waals surface area contributed by atoms with E-state index >= 15 is 4.39 Å². The van der Waals surface area contributed by atoms with Gasteiger partial charge in [-0.2, -0.15) is 0 Å². The summed E-state index contributed by atoms with van der Waals surface area (Å²) in [6, 6.07) is 15.4. The van der Waals surface area contributed by atoms with Gasteiger partial charge in [0.05, 0.1) is 12.3 Å². The fourth-order valence-electron chi connectivity index (χ4n) is 3.46. The van der Waals surface area contributed by atoms with Gasteiger partial charge in [-0.05, 0) is 43.2 Å². The number of rotatable bonds is 7. The summed E-state index contributed by atoms with van der Waals surface area (Å²) < 4.78 is 21.6. The number of unbranched alkanes of at least 4 members (excludes halogenated alkanes) is 1. The first-order chi connectivity index (χ1) is 14.7. The van der Waals surface area contributed by atoms with Crippen LogP contribution in [-0.4, -0.2) is 28.3 Å². The number of nitrogens with one attached hydrogen (secondary N) is 2. The Morgan fingerprint density at radius 2 is 1.77 bits per heavy atom. The van der Waals surface area contributed by atoms with E-state index in [1.165, 1.54) is 6.33 Å².